The number of anilines is 1. The first-order chi connectivity index (χ1) is 9.10. The SMILES string of the molecule is CCc1cccc(CC)c1N1CCNCCC1(C)C. The van der Waals surface area contributed by atoms with Gasteiger partial charge in [0.2, 0.25) is 0 Å². The molecule has 0 saturated carbocycles. The van der Waals surface area contributed by atoms with Gasteiger partial charge in [-0.15, -0.1) is 0 Å². The first-order valence-corrected chi connectivity index (χ1v) is 7.69. The molecular weight excluding hydrogens is 232 g/mol. The van der Waals surface area contributed by atoms with Crippen molar-refractivity contribution in [2.24, 2.45) is 0 Å². The van der Waals surface area contributed by atoms with Crippen molar-refractivity contribution in [1.82, 2.24) is 5.32 Å². The van der Waals surface area contributed by atoms with Crippen molar-refractivity contribution in [3.05, 3.63) is 29.3 Å². The zero-order valence-electron chi connectivity index (χ0n) is 12.9. The summed E-state index contributed by atoms with van der Waals surface area (Å²) in [7, 11) is 0. The predicted octanol–water partition coefficient (Wildman–Crippen LogP) is 3.39. The standard InChI is InChI=1S/C17H28N2/c1-5-14-8-7-9-15(6-2)16(14)19-13-12-18-11-10-17(19,3)4/h7-9,18H,5-6,10-13H2,1-4H3. The molecule has 2 nitrogen and oxygen atoms in total. The molecule has 1 aromatic rings. The minimum Gasteiger partial charge on any atom is -0.365 e. The molecule has 1 aliphatic rings. The van der Waals surface area contributed by atoms with Gasteiger partial charge in [-0.2, -0.15) is 0 Å². The molecule has 0 spiro atoms. The summed E-state index contributed by atoms with van der Waals surface area (Å²) >= 11 is 0. The summed E-state index contributed by atoms with van der Waals surface area (Å²) in [5.74, 6) is 0. The van der Waals surface area contributed by atoms with Crippen LogP contribution in [0.15, 0.2) is 18.2 Å². The van der Waals surface area contributed by atoms with E-state index in [0.717, 1.165) is 32.5 Å². The van der Waals surface area contributed by atoms with E-state index < -0.39 is 0 Å². The summed E-state index contributed by atoms with van der Waals surface area (Å²) in [5.41, 5.74) is 4.73. The van der Waals surface area contributed by atoms with Gasteiger partial charge in [0.15, 0.2) is 0 Å². The zero-order chi connectivity index (χ0) is 13.9. The predicted molar refractivity (Wildman–Crippen MR) is 84.1 cm³/mol. The van der Waals surface area contributed by atoms with Crippen LogP contribution in [0.3, 0.4) is 0 Å². The number of aryl methyl sites for hydroxylation is 2. The van der Waals surface area contributed by atoms with E-state index in [2.05, 4.69) is 56.1 Å². The lowest BCUT2D eigenvalue weighted by Crippen LogP contribution is -2.45. The van der Waals surface area contributed by atoms with Gasteiger partial charge in [0.05, 0.1) is 0 Å². The first kappa shape index (κ1) is 14.4. The van der Waals surface area contributed by atoms with Crippen molar-refractivity contribution < 1.29 is 0 Å². The second-order valence-corrected chi connectivity index (χ2v) is 6.10. The van der Waals surface area contributed by atoms with Crippen LogP contribution >= 0.6 is 0 Å². The quantitative estimate of drug-likeness (QED) is 0.896. The number of nitrogens with one attached hydrogen (secondary N) is 1. The average molecular weight is 260 g/mol. The highest BCUT2D eigenvalue weighted by Crippen LogP contribution is 2.34. The fourth-order valence-corrected chi connectivity index (χ4v) is 3.12. The summed E-state index contributed by atoms with van der Waals surface area (Å²) in [5, 5.41) is 3.54. The Labute approximate surface area is 118 Å². The Bertz CT molecular complexity index is 401. The zero-order valence-corrected chi connectivity index (χ0v) is 12.9. The number of para-hydroxylation sites is 1. The lowest BCUT2D eigenvalue weighted by molar-refractivity contribution is 0.452. The van der Waals surface area contributed by atoms with Gasteiger partial charge in [-0.25, -0.2) is 0 Å². The third-order valence-corrected chi connectivity index (χ3v) is 4.39. The van der Waals surface area contributed by atoms with Crippen molar-refractivity contribution >= 4 is 5.69 Å². The van der Waals surface area contributed by atoms with Crippen LogP contribution in [-0.4, -0.2) is 25.2 Å². The van der Waals surface area contributed by atoms with Gasteiger partial charge in [-0.05, 0) is 50.8 Å². The fourth-order valence-electron chi connectivity index (χ4n) is 3.12. The average Bonchev–Trinajstić information content (AvgIpc) is 2.58. The summed E-state index contributed by atoms with van der Waals surface area (Å²) < 4.78 is 0. The molecule has 0 aromatic heterocycles. The number of rotatable bonds is 3. The fraction of sp³-hybridized carbons (Fsp3) is 0.647. The van der Waals surface area contributed by atoms with Crippen LogP contribution in [0.5, 0.6) is 0 Å². The van der Waals surface area contributed by atoms with Crippen molar-refractivity contribution in [2.75, 3.05) is 24.5 Å². The monoisotopic (exact) mass is 260 g/mol. The molecule has 1 N–H and O–H groups in total. The molecule has 0 amide bonds. The highest BCUT2D eigenvalue weighted by atomic mass is 15.2. The molecule has 19 heavy (non-hydrogen) atoms. The van der Waals surface area contributed by atoms with Crippen LogP contribution in [-0.2, 0) is 12.8 Å². The smallest absolute Gasteiger partial charge is 0.0435 e. The number of hydrogen-bond donors (Lipinski definition) is 1. The molecule has 2 heteroatoms. The summed E-state index contributed by atoms with van der Waals surface area (Å²) in [6.07, 6.45) is 3.43. The molecule has 0 bridgehead atoms. The van der Waals surface area contributed by atoms with E-state index in [1.807, 2.05) is 0 Å². The Morgan fingerprint density at radius 1 is 1.11 bits per heavy atom. The van der Waals surface area contributed by atoms with Crippen LogP contribution in [0.4, 0.5) is 5.69 Å². The molecular formula is C17H28N2. The highest BCUT2D eigenvalue weighted by molar-refractivity contribution is 5.61. The molecule has 0 radical (unpaired) electrons. The van der Waals surface area contributed by atoms with Crippen LogP contribution in [0.2, 0.25) is 0 Å². The van der Waals surface area contributed by atoms with Gasteiger partial charge in [0.1, 0.15) is 0 Å². The van der Waals surface area contributed by atoms with Gasteiger partial charge in [0, 0.05) is 24.3 Å². The van der Waals surface area contributed by atoms with Crippen molar-refractivity contribution in [3.8, 4) is 0 Å². The normalized spacial score (nSPS) is 19.3. The lowest BCUT2D eigenvalue weighted by Gasteiger charge is -2.41. The molecule has 1 aliphatic heterocycles. The Morgan fingerprint density at radius 2 is 1.74 bits per heavy atom. The van der Waals surface area contributed by atoms with E-state index in [0.29, 0.717) is 0 Å². The van der Waals surface area contributed by atoms with E-state index in [1.54, 1.807) is 0 Å². The van der Waals surface area contributed by atoms with Gasteiger partial charge < -0.3 is 10.2 Å². The Balaban J connectivity index is 2.48. The van der Waals surface area contributed by atoms with Crippen LogP contribution in [0, 0.1) is 0 Å². The summed E-state index contributed by atoms with van der Waals surface area (Å²) in [6, 6.07) is 6.80. The maximum atomic E-state index is 3.54. The lowest BCUT2D eigenvalue weighted by atomic mass is 9.93. The molecule has 1 aromatic carbocycles. The Morgan fingerprint density at radius 3 is 2.32 bits per heavy atom. The minimum absolute atomic E-state index is 0.235. The molecule has 0 unspecified atom stereocenters. The van der Waals surface area contributed by atoms with Crippen LogP contribution in [0.1, 0.15) is 45.2 Å². The van der Waals surface area contributed by atoms with Crippen LogP contribution < -0.4 is 10.2 Å². The van der Waals surface area contributed by atoms with E-state index in [-0.39, 0.29) is 5.54 Å². The summed E-state index contributed by atoms with van der Waals surface area (Å²) in [6.45, 7) is 12.6. The van der Waals surface area contributed by atoms with E-state index in [4.69, 9.17) is 0 Å². The highest BCUT2D eigenvalue weighted by Gasteiger charge is 2.30. The second kappa shape index (κ2) is 5.96. The molecule has 106 valence electrons. The largest absolute Gasteiger partial charge is 0.365 e. The Hall–Kier alpha value is -1.02. The molecule has 1 fully saturated rings. The molecule has 0 aliphatic carbocycles. The van der Waals surface area contributed by atoms with Gasteiger partial charge in [0.25, 0.3) is 0 Å². The maximum absolute atomic E-state index is 3.54. The first-order valence-electron chi connectivity index (χ1n) is 7.69. The topological polar surface area (TPSA) is 15.3 Å². The van der Waals surface area contributed by atoms with Crippen molar-refractivity contribution in [1.29, 1.82) is 0 Å². The van der Waals surface area contributed by atoms with Gasteiger partial charge in [-0.3, -0.25) is 0 Å². The molecule has 1 saturated heterocycles. The van der Waals surface area contributed by atoms with Crippen molar-refractivity contribution in [3.63, 3.8) is 0 Å². The van der Waals surface area contributed by atoms with Crippen molar-refractivity contribution in [2.45, 2.75) is 52.5 Å². The second-order valence-electron chi connectivity index (χ2n) is 6.10. The van der Waals surface area contributed by atoms with Gasteiger partial charge >= 0.3 is 0 Å². The maximum Gasteiger partial charge on any atom is 0.0435 e. The van der Waals surface area contributed by atoms with Gasteiger partial charge in [-0.1, -0.05) is 32.0 Å². The third-order valence-electron chi connectivity index (χ3n) is 4.39. The molecule has 2 rings (SSSR count). The number of hydrogen-bond acceptors (Lipinski definition) is 2. The Kier molecular flexibility index (Phi) is 4.51. The third kappa shape index (κ3) is 2.94. The van der Waals surface area contributed by atoms with Crippen LogP contribution in [0.25, 0.3) is 0 Å². The number of nitrogens with zero attached hydrogens (tertiary/aromatic N) is 1. The molecule has 1 heterocycles. The van der Waals surface area contributed by atoms with E-state index >= 15 is 0 Å². The minimum atomic E-state index is 0.235. The van der Waals surface area contributed by atoms with E-state index in [1.165, 1.54) is 23.2 Å². The van der Waals surface area contributed by atoms with E-state index in [9.17, 15) is 0 Å². The summed E-state index contributed by atoms with van der Waals surface area (Å²) in [4.78, 5) is 2.64. The molecule has 0 atom stereocenters. The number of benzene rings is 1.